The minimum absolute atomic E-state index is 0.000524. The Hall–Kier alpha value is -3.30. The van der Waals surface area contributed by atoms with Gasteiger partial charge >= 0.3 is 5.97 Å². The number of anilines is 1. The van der Waals surface area contributed by atoms with Crippen molar-refractivity contribution < 1.29 is 22.7 Å². The number of ether oxygens (including phenoxy) is 1. The van der Waals surface area contributed by atoms with E-state index in [4.69, 9.17) is 11.2 Å². The summed E-state index contributed by atoms with van der Waals surface area (Å²) in [6.45, 7) is 0.945. The zero-order valence-corrected chi connectivity index (χ0v) is 15.4. The van der Waals surface area contributed by atoms with Crippen LogP contribution in [-0.2, 0) is 19.6 Å². The highest BCUT2D eigenvalue weighted by Crippen LogP contribution is 2.28. The van der Waals surface area contributed by atoms with Crippen molar-refractivity contribution in [3.8, 4) is 12.3 Å². The Labute approximate surface area is 157 Å². The fourth-order valence-corrected chi connectivity index (χ4v) is 4.41. The summed E-state index contributed by atoms with van der Waals surface area (Å²) >= 11 is 0.801. The average Bonchev–Trinajstić information content (AvgIpc) is 3.26. The number of benzene rings is 1. The number of hydrogen-bond acceptors (Lipinski definition) is 9. The maximum absolute atomic E-state index is 13.0. The van der Waals surface area contributed by atoms with Crippen molar-refractivity contribution in [3.05, 3.63) is 29.3 Å². The van der Waals surface area contributed by atoms with Crippen LogP contribution < -0.4 is 5.32 Å². The molecule has 0 radical (unpaired) electrons. The number of nitrogens with one attached hydrogen (secondary N) is 1. The molecule has 0 saturated carbocycles. The van der Waals surface area contributed by atoms with Crippen LogP contribution in [0.25, 0.3) is 11.0 Å². The van der Waals surface area contributed by atoms with Crippen molar-refractivity contribution >= 4 is 50.2 Å². The monoisotopic (exact) mass is 405 g/mol. The van der Waals surface area contributed by atoms with Gasteiger partial charge in [0, 0.05) is 6.92 Å². The molecule has 10 nitrogen and oxygen atoms in total. The van der Waals surface area contributed by atoms with Gasteiger partial charge in [-0.15, -0.1) is 16.6 Å². The van der Waals surface area contributed by atoms with Crippen molar-refractivity contribution in [2.45, 2.75) is 11.3 Å². The Bertz CT molecular complexity index is 1180. The van der Waals surface area contributed by atoms with E-state index in [1.54, 1.807) is 0 Å². The second kappa shape index (κ2) is 7.14. The lowest BCUT2D eigenvalue weighted by Crippen LogP contribution is -2.18. The highest BCUT2D eigenvalue weighted by Gasteiger charge is 2.29. The van der Waals surface area contributed by atoms with Gasteiger partial charge in [0.2, 0.25) is 11.9 Å². The van der Waals surface area contributed by atoms with Crippen LogP contribution in [0.1, 0.15) is 17.3 Å². The van der Waals surface area contributed by atoms with Crippen LogP contribution in [0.3, 0.4) is 0 Å². The molecule has 0 spiro atoms. The Morgan fingerprint density at radius 2 is 2.19 bits per heavy atom. The number of aromatic nitrogens is 4. The number of fused-ring (bicyclic) bond motifs is 1. The zero-order valence-electron chi connectivity index (χ0n) is 13.7. The molecule has 3 rings (SSSR count). The second-order valence-electron chi connectivity index (χ2n) is 5.04. The van der Waals surface area contributed by atoms with Gasteiger partial charge in [0.25, 0.3) is 14.4 Å². The summed E-state index contributed by atoms with van der Waals surface area (Å²) in [5.41, 5.74) is 1.34. The van der Waals surface area contributed by atoms with Gasteiger partial charge in [-0.25, -0.2) is 9.78 Å². The molecule has 0 saturated heterocycles. The summed E-state index contributed by atoms with van der Waals surface area (Å²) in [5, 5.41) is 9.44. The zero-order chi connectivity index (χ0) is 19.6. The minimum Gasteiger partial charge on any atom is -0.449 e. The van der Waals surface area contributed by atoms with Crippen LogP contribution in [-0.4, -0.2) is 46.1 Å². The molecule has 0 fully saturated rings. The van der Waals surface area contributed by atoms with Crippen LogP contribution in [0.15, 0.2) is 28.0 Å². The normalized spacial score (nSPS) is 11.1. The topological polar surface area (TPSA) is 133 Å². The lowest BCUT2D eigenvalue weighted by Gasteiger charge is -2.07. The first-order chi connectivity index (χ1) is 12.9. The number of para-hydroxylation sites is 1. The largest absolute Gasteiger partial charge is 0.449 e. The molecular formula is C15H11N5O5S2. The van der Waals surface area contributed by atoms with E-state index in [9.17, 15) is 18.0 Å². The standard InChI is InChI=1S/C15H11N5O5S2/c1-3-7-25-13(22)10-5-4-6-11-12(10)18-14(17-9(2)21)20(11)27(23,24)15-19-16-8-26-15/h1,4-6,8H,7H2,2H3,(H,17,18,21). The van der Waals surface area contributed by atoms with Gasteiger partial charge in [-0.2, -0.15) is 12.4 Å². The summed E-state index contributed by atoms with van der Waals surface area (Å²) < 4.78 is 31.3. The van der Waals surface area contributed by atoms with Gasteiger partial charge in [0.05, 0.1) is 11.1 Å². The first-order valence-corrected chi connectivity index (χ1v) is 9.59. The lowest BCUT2D eigenvalue weighted by atomic mass is 10.2. The molecule has 2 aromatic heterocycles. The van der Waals surface area contributed by atoms with Gasteiger partial charge in [0.1, 0.15) is 11.0 Å². The van der Waals surface area contributed by atoms with Gasteiger partial charge in [-0.05, 0) is 12.1 Å². The van der Waals surface area contributed by atoms with E-state index in [1.165, 1.54) is 30.6 Å². The highest BCUT2D eigenvalue weighted by molar-refractivity contribution is 7.92. The number of carbonyl (C=O) groups is 2. The van der Waals surface area contributed by atoms with Crippen molar-refractivity contribution in [1.82, 2.24) is 19.2 Å². The number of nitrogens with zero attached hydrogens (tertiary/aromatic N) is 4. The Balaban J connectivity index is 2.28. The van der Waals surface area contributed by atoms with E-state index in [2.05, 4.69) is 26.4 Å². The van der Waals surface area contributed by atoms with Crippen LogP contribution in [0.4, 0.5) is 5.95 Å². The number of imidazole rings is 1. The maximum Gasteiger partial charge on any atom is 0.341 e. The molecule has 138 valence electrons. The van der Waals surface area contributed by atoms with E-state index in [1.807, 2.05) is 0 Å². The molecule has 3 aromatic rings. The lowest BCUT2D eigenvalue weighted by molar-refractivity contribution is -0.114. The fraction of sp³-hybridized carbons (Fsp3) is 0.133. The molecule has 1 amide bonds. The quantitative estimate of drug-likeness (QED) is 0.488. The van der Waals surface area contributed by atoms with E-state index < -0.39 is 21.9 Å². The molecule has 2 heterocycles. The number of terminal acetylenes is 1. The average molecular weight is 405 g/mol. The second-order valence-corrected chi connectivity index (χ2v) is 7.84. The molecular weight excluding hydrogens is 394 g/mol. The summed E-state index contributed by atoms with van der Waals surface area (Å²) in [6.07, 6.45) is 5.08. The predicted octanol–water partition coefficient (Wildman–Crippen LogP) is 0.873. The van der Waals surface area contributed by atoms with Crippen LogP contribution in [0, 0.1) is 12.3 Å². The molecule has 1 aromatic carbocycles. The first kappa shape index (κ1) is 18.5. The third kappa shape index (κ3) is 3.37. The van der Waals surface area contributed by atoms with Crippen molar-refractivity contribution in [2.24, 2.45) is 0 Å². The summed E-state index contributed by atoms with van der Waals surface area (Å²) in [7, 11) is -4.21. The summed E-state index contributed by atoms with van der Waals surface area (Å²) in [5.74, 6) is 0.561. The van der Waals surface area contributed by atoms with Crippen molar-refractivity contribution in [3.63, 3.8) is 0 Å². The van der Waals surface area contributed by atoms with Crippen molar-refractivity contribution in [1.29, 1.82) is 0 Å². The highest BCUT2D eigenvalue weighted by atomic mass is 32.2. The molecule has 1 N–H and O–H groups in total. The van der Waals surface area contributed by atoms with Crippen LogP contribution in [0.2, 0.25) is 0 Å². The number of rotatable bonds is 5. The SMILES string of the molecule is C#CCOC(=O)c1cccc2c1nc(NC(C)=O)n2S(=O)(=O)c1nncs1. The third-order valence-corrected chi connectivity index (χ3v) is 6.02. The molecule has 0 bridgehead atoms. The summed E-state index contributed by atoms with van der Waals surface area (Å²) in [4.78, 5) is 27.8. The van der Waals surface area contributed by atoms with Crippen LogP contribution in [0.5, 0.6) is 0 Å². The first-order valence-electron chi connectivity index (χ1n) is 7.27. The molecule has 0 atom stereocenters. The minimum atomic E-state index is -4.21. The molecule has 0 aliphatic carbocycles. The number of esters is 1. The predicted molar refractivity (Wildman–Crippen MR) is 95.6 cm³/mol. The molecule has 12 heteroatoms. The van der Waals surface area contributed by atoms with E-state index >= 15 is 0 Å². The molecule has 27 heavy (non-hydrogen) atoms. The van der Waals surface area contributed by atoms with E-state index in [0.29, 0.717) is 0 Å². The van der Waals surface area contributed by atoms with Gasteiger partial charge < -0.3 is 4.74 Å². The fourth-order valence-electron chi connectivity index (χ4n) is 2.26. The van der Waals surface area contributed by atoms with Crippen molar-refractivity contribution in [2.75, 3.05) is 11.9 Å². The Morgan fingerprint density at radius 3 is 2.81 bits per heavy atom. The number of hydrogen-bond donors (Lipinski definition) is 1. The summed E-state index contributed by atoms with van der Waals surface area (Å²) in [6, 6.07) is 4.30. The Kier molecular flexibility index (Phi) is 4.89. The van der Waals surface area contributed by atoms with Gasteiger partial charge in [0.15, 0.2) is 6.61 Å². The number of carbonyl (C=O) groups excluding carboxylic acids is 2. The molecule has 0 unspecified atom stereocenters. The maximum atomic E-state index is 13.0. The molecule has 0 aliphatic heterocycles. The number of amides is 1. The molecule has 0 aliphatic rings. The smallest absolute Gasteiger partial charge is 0.341 e. The van der Waals surface area contributed by atoms with E-state index in [-0.39, 0.29) is 33.5 Å². The van der Waals surface area contributed by atoms with Crippen LogP contribution >= 0.6 is 11.3 Å². The van der Waals surface area contributed by atoms with Gasteiger partial charge in [-0.1, -0.05) is 23.3 Å². The van der Waals surface area contributed by atoms with E-state index in [0.717, 1.165) is 15.3 Å². The Morgan fingerprint density at radius 1 is 1.41 bits per heavy atom. The van der Waals surface area contributed by atoms with Gasteiger partial charge in [-0.3, -0.25) is 10.1 Å². The third-order valence-electron chi connectivity index (χ3n) is 3.24.